The summed E-state index contributed by atoms with van der Waals surface area (Å²) in [5.74, 6) is 0.111. The fourth-order valence-electron chi connectivity index (χ4n) is 2.74. The van der Waals surface area contributed by atoms with Crippen LogP contribution in [0.5, 0.6) is 0 Å². The molecule has 0 fully saturated rings. The molecule has 6 heteroatoms. The summed E-state index contributed by atoms with van der Waals surface area (Å²) in [4.78, 5) is 17.1. The van der Waals surface area contributed by atoms with Gasteiger partial charge in [-0.05, 0) is 35.4 Å². The number of methoxy groups -OCH3 is 1. The third-order valence-corrected chi connectivity index (χ3v) is 4.12. The maximum atomic E-state index is 13.3. The van der Waals surface area contributed by atoms with Gasteiger partial charge in [-0.15, -0.1) is 0 Å². The van der Waals surface area contributed by atoms with Crippen LogP contribution in [0.25, 0.3) is 0 Å². The molecule has 26 heavy (non-hydrogen) atoms. The van der Waals surface area contributed by atoms with Crippen molar-refractivity contribution in [3.63, 3.8) is 0 Å². The summed E-state index contributed by atoms with van der Waals surface area (Å²) in [5.41, 5.74) is 2.28. The molecule has 134 valence electrons. The van der Waals surface area contributed by atoms with Crippen molar-refractivity contribution in [1.29, 1.82) is 0 Å². The zero-order valence-corrected chi connectivity index (χ0v) is 14.6. The number of rotatable bonds is 6. The summed E-state index contributed by atoms with van der Waals surface area (Å²) >= 11 is 0. The maximum Gasteiger partial charge on any atom is 0.252 e. The van der Waals surface area contributed by atoms with Gasteiger partial charge in [-0.3, -0.25) is 4.79 Å². The van der Waals surface area contributed by atoms with E-state index in [2.05, 4.69) is 10.3 Å². The Morgan fingerprint density at radius 3 is 2.46 bits per heavy atom. The Kier molecular flexibility index (Phi) is 5.43. The molecule has 0 bridgehead atoms. The van der Waals surface area contributed by atoms with Crippen molar-refractivity contribution in [1.82, 2.24) is 14.9 Å². The number of carbonyl (C=O) groups is 1. The van der Waals surface area contributed by atoms with E-state index in [0.717, 1.165) is 11.1 Å². The lowest BCUT2D eigenvalue weighted by atomic mass is 10.0. The molecular weight excluding hydrogens is 333 g/mol. The van der Waals surface area contributed by atoms with Crippen LogP contribution in [0.4, 0.5) is 4.39 Å². The van der Waals surface area contributed by atoms with Crippen LogP contribution in [0, 0.1) is 5.82 Å². The number of carbonyl (C=O) groups excluding carboxylic acids is 1. The molecule has 3 rings (SSSR count). The predicted octanol–water partition coefficient (Wildman–Crippen LogP) is 3.23. The van der Waals surface area contributed by atoms with E-state index < -0.39 is 6.04 Å². The van der Waals surface area contributed by atoms with Crippen molar-refractivity contribution in [2.75, 3.05) is 7.11 Å². The first-order valence-corrected chi connectivity index (χ1v) is 8.20. The number of aryl methyl sites for hydroxylation is 1. The lowest BCUT2D eigenvalue weighted by Crippen LogP contribution is -2.31. The van der Waals surface area contributed by atoms with Gasteiger partial charge in [-0.1, -0.05) is 24.3 Å². The first-order valence-electron chi connectivity index (χ1n) is 8.20. The first-order chi connectivity index (χ1) is 12.6. The molecule has 0 aliphatic rings. The SMILES string of the molecule is COCc1ccc(C(=O)N[C@H](c2ccc(F)cc2)c2nccn2C)cc1. The molecule has 1 heterocycles. The fraction of sp³-hybridized carbons (Fsp3) is 0.200. The van der Waals surface area contributed by atoms with Crippen LogP contribution in [0.15, 0.2) is 60.9 Å². The van der Waals surface area contributed by atoms with Crippen LogP contribution in [-0.4, -0.2) is 22.6 Å². The van der Waals surface area contributed by atoms with E-state index in [4.69, 9.17) is 4.74 Å². The zero-order valence-electron chi connectivity index (χ0n) is 14.6. The number of nitrogens with one attached hydrogen (secondary N) is 1. The molecule has 1 amide bonds. The monoisotopic (exact) mass is 353 g/mol. The zero-order chi connectivity index (χ0) is 18.5. The van der Waals surface area contributed by atoms with Gasteiger partial charge >= 0.3 is 0 Å². The van der Waals surface area contributed by atoms with Gasteiger partial charge in [0, 0.05) is 32.1 Å². The predicted molar refractivity (Wildman–Crippen MR) is 96.1 cm³/mol. The minimum atomic E-state index is -0.484. The van der Waals surface area contributed by atoms with Crippen LogP contribution >= 0.6 is 0 Å². The number of benzene rings is 2. The van der Waals surface area contributed by atoms with E-state index in [1.54, 1.807) is 43.8 Å². The molecular formula is C20H20FN3O2. The number of hydrogen-bond donors (Lipinski definition) is 1. The summed E-state index contributed by atoms with van der Waals surface area (Å²) in [5, 5.41) is 2.99. The number of ether oxygens (including phenoxy) is 1. The standard InChI is InChI=1S/C20H20FN3O2/c1-24-12-11-22-19(24)18(15-7-9-17(21)10-8-15)23-20(25)16-5-3-14(4-6-16)13-26-2/h3-12,18H,13H2,1-2H3,(H,23,25)/t18-/m1/s1. The van der Waals surface area contributed by atoms with Gasteiger partial charge in [-0.2, -0.15) is 0 Å². The van der Waals surface area contributed by atoms with Gasteiger partial charge in [0.2, 0.25) is 0 Å². The van der Waals surface area contributed by atoms with Gasteiger partial charge in [0.1, 0.15) is 17.7 Å². The minimum absolute atomic E-state index is 0.230. The summed E-state index contributed by atoms with van der Waals surface area (Å²) in [6, 6.07) is 12.8. The van der Waals surface area contributed by atoms with Gasteiger partial charge in [0.05, 0.1) is 6.61 Å². The van der Waals surface area contributed by atoms with Crippen molar-refractivity contribution < 1.29 is 13.9 Å². The molecule has 1 atom stereocenters. The Morgan fingerprint density at radius 2 is 1.88 bits per heavy atom. The number of amides is 1. The maximum absolute atomic E-state index is 13.3. The Bertz CT molecular complexity index is 873. The lowest BCUT2D eigenvalue weighted by molar-refractivity contribution is 0.0941. The van der Waals surface area contributed by atoms with Crippen LogP contribution in [0.3, 0.4) is 0 Å². The quantitative estimate of drug-likeness (QED) is 0.740. The smallest absolute Gasteiger partial charge is 0.252 e. The minimum Gasteiger partial charge on any atom is -0.380 e. The highest BCUT2D eigenvalue weighted by molar-refractivity contribution is 5.94. The molecule has 0 saturated carbocycles. The third kappa shape index (κ3) is 3.97. The molecule has 1 aromatic heterocycles. The van der Waals surface area contributed by atoms with E-state index >= 15 is 0 Å². The molecule has 0 aliphatic carbocycles. The summed E-state index contributed by atoms with van der Waals surface area (Å²) < 4.78 is 20.2. The molecule has 5 nitrogen and oxygen atoms in total. The molecule has 0 spiro atoms. The van der Waals surface area contributed by atoms with Crippen molar-refractivity contribution in [2.45, 2.75) is 12.6 Å². The molecule has 0 unspecified atom stereocenters. The summed E-state index contributed by atoms with van der Waals surface area (Å²) in [6.45, 7) is 0.493. The third-order valence-electron chi connectivity index (χ3n) is 4.12. The Balaban J connectivity index is 1.86. The molecule has 0 saturated heterocycles. The first kappa shape index (κ1) is 17.8. The van der Waals surface area contributed by atoms with E-state index in [9.17, 15) is 9.18 Å². The van der Waals surface area contributed by atoms with E-state index in [-0.39, 0.29) is 11.7 Å². The van der Waals surface area contributed by atoms with E-state index in [1.165, 1.54) is 12.1 Å². The van der Waals surface area contributed by atoms with Crippen LogP contribution in [0.2, 0.25) is 0 Å². The van der Waals surface area contributed by atoms with Crippen molar-refractivity contribution >= 4 is 5.91 Å². The fourth-order valence-corrected chi connectivity index (χ4v) is 2.74. The number of imidazole rings is 1. The van der Waals surface area contributed by atoms with Gasteiger partial charge in [0.25, 0.3) is 5.91 Å². The summed E-state index contributed by atoms with van der Waals surface area (Å²) in [6.07, 6.45) is 3.47. The number of nitrogens with zero attached hydrogens (tertiary/aromatic N) is 2. The van der Waals surface area contributed by atoms with Crippen LogP contribution in [0.1, 0.15) is 33.4 Å². The molecule has 1 N–H and O–H groups in total. The lowest BCUT2D eigenvalue weighted by Gasteiger charge is -2.19. The molecule has 3 aromatic rings. The number of aromatic nitrogens is 2. The average molecular weight is 353 g/mol. The largest absolute Gasteiger partial charge is 0.380 e. The number of hydrogen-bond acceptors (Lipinski definition) is 3. The van der Waals surface area contributed by atoms with Crippen molar-refractivity contribution in [3.05, 3.63) is 89.3 Å². The second-order valence-electron chi connectivity index (χ2n) is 5.98. The van der Waals surface area contributed by atoms with E-state index in [1.807, 2.05) is 23.7 Å². The molecule has 0 aliphatic heterocycles. The van der Waals surface area contributed by atoms with Gasteiger partial charge in [0.15, 0.2) is 0 Å². The Labute approximate surface area is 151 Å². The van der Waals surface area contributed by atoms with Crippen LogP contribution in [-0.2, 0) is 18.4 Å². The molecule has 2 aromatic carbocycles. The second-order valence-corrected chi connectivity index (χ2v) is 5.98. The van der Waals surface area contributed by atoms with Crippen LogP contribution < -0.4 is 5.32 Å². The highest BCUT2D eigenvalue weighted by atomic mass is 19.1. The highest BCUT2D eigenvalue weighted by Gasteiger charge is 2.21. The van der Waals surface area contributed by atoms with Crippen molar-refractivity contribution in [3.8, 4) is 0 Å². The second kappa shape index (κ2) is 7.93. The van der Waals surface area contributed by atoms with E-state index in [0.29, 0.717) is 18.0 Å². The highest BCUT2D eigenvalue weighted by Crippen LogP contribution is 2.21. The Morgan fingerprint density at radius 1 is 1.19 bits per heavy atom. The topological polar surface area (TPSA) is 56.1 Å². The number of halogens is 1. The average Bonchev–Trinajstić information content (AvgIpc) is 3.07. The normalized spacial score (nSPS) is 12.0. The summed E-state index contributed by atoms with van der Waals surface area (Å²) in [7, 11) is 3.48. The van der Waals surface area contributed by atoms with Crippen molar-refractivity contribution in [2.24, 2.45) is 7.05 Å². The Hall–Kier alpha value is -2.99. The van der Waals surface area contributed by atoms with Gasteiger partial charge < -0.3 is 14.6 Å². The van der Waals surface area contributed by atoms with Gasteiger partial charge in [-0.25, -0.2) is 9.37 Å². The molecule has 0 radical (unpaired) electrons.